The predicted octanol–water partition coefficient (Wildman–Crippen LogP) is 3.49. The highest BCUT2D eigenvalue weighted by Gasteiger charge is 2.10. The molecule has 2 rings (SSSR count). The lowest BCUT2D eigenvalue weighted by Gasteiger charge is -2.10. The molecule has 2 aromatic rings. The van der Waals surface area contributed by atoms with Crippen LogP contribution in [0.4, 0.5) is 25.8 Å². The number of nitrogen functional groups attached to an aromatic ring is 1. The van der Waals surface area contributed by atoms with E-state index in [2.05, 4.69) is 5.32 Å². The molecule has 0 saturated heterocycles. The standard InChI is InChI=1S/C14H12F2N2O/c1-8(19)10-7-9(5-6-13(10)17)18-14-11(15)3-2-4-12(14)16/h2-7,18H,17H2,1H3. The van der Waals surface area contributed by atoms with Gasteiger partial charge in [0, 0.05) is 16.9 Å². The van der Waals surface area contributed by atoms with Gasteiger partial charge in [-0.3, -0.25) is 4.79 Å². The molecule has 0 aliphatic rings. The van der Waals surface area contributed by atoms with E-state index < -0.39 is 11.6 Å². The Morgan fingerprint density at radius 1 is 1.16 bits per heavy atom. The summed E-state index contributed by atoms with van der Waals surface area (Å²) in [6.07, 6.45) is 0. The Kier molecular flexibility index (Phi) is 3.46. The molecule has 5 heteroatoms. The Morgan fingerprint density at radius 2 is 1.79 bits per heavy atom. The minimum atomic E-state index is -0.707. The van der Waals surface area contributed by atoms with Gasteiger partial charge in [0.25, 0.3) is 0 Å². The highest BCUT2D eigenvalue weighted by atomic mass is 19.1. The van der Waals surface area contributed by atoms with Gasteiger partial charge in [0.1, 0.15) is 17.3 Å². The fourth-order valence-electron chi connectivity index (χ4n) is 1.70. The number of Topliss-reactive ketones (excluding diaryl/α,β-unsaturated/α-hetero) is 1. The number of para-hydroxylation sites is 1. The largest absolute Gasteiger partial charge is 0.398 e. The van der Waals surface area contributed by atoms with E-state index in [-0.39, 0.29) is 11.5 Å². The molecule has 0 aliphatic heterocycles. The second-order valence-electron chi connectivity index (χ2n) is 4.08. The Hall–Kier alpha value is -2.43. The zero-order valence-electron chi connectivity index (χ0n) is 10.2. The number of halogens is 2. The molecule has 19 heavy (non-hydrogen) atoms. The van der Waals surface area contributed by atoms with E-state index >= 15 is 0 Å². The molecule has 0 aliphatic carbocycles. The first-order chi connectivity index (χ1) is 8.99. The van der Waals surface area contributed by atoms with Crippen molar-refractivity contribution in [3.8, 4) is 0 Å². The topological polar surface area (TPSA) is 55.1 Å². The Morgan fingerprint density at radius 3 is 2.37 bits per heavy atom. The van der Waals surface area contributed by atoms with Crippen molar-refractivity contribution in [3.05, 3.63) is 53.6 Å². The Balaban J connectivity index is 2.39. The molecule has 0 spiro atoms. The summed E-state index contributed by atoms with van der Waals surface area (Å²) >= 11 is 0. The van der Waals surface area contributed by atoms with Crippen molar-refractivity contribution < 1.29 is 13.6 Å². The van der Waals surface area contributed by atoms with Crippen molar-refractivity contribution in [2.75, 3.05) is 11.1 Å². The second-order valence-corrected chi connectivity index (χ2v) is 4.08. The van der Waals surface area contributed by atoms with Gasteiger partial charge in [-0.05, 0) is 37.3 Å². The molecule has 0 saturated carbocycles. The summed E-state index contributed by atoms with van der Waals surface area (Å²) < 4.78 is 27.0. The van der Waals surface area contributed by atoms with Crippen LogP contribution in [0, 0.1) is 11.6 Å². The molecular formula is C14H12F2N2O. The Labute approximate surface area is 109 Å². The molecule has 2 aromatic carbocycles. The Bertz CT molecular complexity index is 621. The van der Waals surface area contributed by atoms with Crippen LogP contribution in [0.3, 0.4) is 0 Å². The maximum Gasteiger partial charge on any atom is 0.161 e. The number of hydrogen-bond donors (Lipinski definition) is 2. The molecule has 98 valence electrons. The highest BCUT2D eigenvalue weighted by molar-refractivity contribution is 6.00. The number of ketones is 1. The normalized spacial score (nSPS) is 10.3. The van der Waals surface area contributed by atoms with E-state index in [1.54, 1.807) is 6.07 Å². The maximum absolute atomic E-state index is 13.5. The third-order valence-corrected chi connectivity index (χ3v) is 2.66. The van der Waals surface area contributed by atoms with E-state index in [4.69, 9.17) is 5.73 Å². The van der Waals surface area contributed by atoms with Gasteiger partial charge >= 0.3 is 0 Å². The van der Waals surface area contributed by atoms with Crippen molar-refractivity contribution in [2.24, 2.45) is 0 Å². The van der Waals surface area contributed by atoms with Gasteiger partial charge in [-0.25, -0.2) is 8.78 Å². The van der Waals surface area contributed by atoms with Crippen LogP contribution in [0.25, 0.3) is 0 Å². The lowest BCUT2D eigenvalue weighted by atomic mass is 10.1. The molecule has 0 atom stereocenters. The third kappa shape index (κ3) is 2.70. The quantitative estimate of drug-likeness (QED) is 0.657. The smallest absolute Gasteiger partial charge is 0.161 e. The molecule has 3 nitrogen and oxygen atoms in total. The fourth-order valence-corrected chi connectivity index (χ4v) is 1.70. The summed E-state index contributed by atoms with van der Waals surface area (Å²) in [7, 11) is 0. The maximum atomic E-state index is 13.5. The first-order valence-corrected chi connectivity index (χ1v) is 5.60. The van der Waals surface area contributed by atoms with Gasteiger partial charge in [0.2, 0.25) is 0 Å². The number of anilines is 3. The number of carbonyl (C=O) groups is 1. The van der Waals surface area contributed by atoms with Crippen LogP contribution in [0.1, 0.15) is 17.3 Å². The van der Waals surface area contributed by atoms with Crippen molar-refractivity contribution in [2.45, 2.75) is 6.92 Å². The number of hydrogen-bond acceptors (Lipinski definition) is 3. The minimum Gasteiger partial charge on any atom is -0.398 e. The monoisotopic (exact) mass is 262 g/mol. The first-order valence-electron chi connectivity index (χ1n) is 5.60. The van der Waals surface area contributed by atoms with Crippen LogP contribution in [0.5, 0.6) is 0 Å². The zero-order chi connectivity index (χ0) is 14.0. The van der Waals surface area contributed by atoms with E-state index in [1.165, 1.54) is 25.1 Å². The van der Waals surface area contributed by atoms with Crippen molar-refractivity contribution in [1.82, 2.24) is 0 Å². The number of carbonyl (C=O) groups excluding carboxylic acids is 1. The molecule has 0 radical (unpaired) electrons. The second kappa shape index (κ2) is 5.06. The lowest BCUT2D eigenvalue weighted by Crippen LogP contribution is -2.02. The van der Waals surface area contributed by atoms with E-state index in [9.17, 15) is 13.6 Å². The van der Waals surface area contributed by atoms with Gasteiger partial charge in [0.15, 0.2) is 5.78 Å². The highest BCUT2D eigenvalue weighted by Crippen LogP contribution is 2.25. The molecule has 0 unspecified atom stereocenters. The summed E-state index contributed by atoms with van der Waals surface area (Å²) in [5.41, 5.74) is 6.41. The SMILES string of the molecule is CC(=O)c1cc(Nc2c(F)cccc2F)ccc1N. The summed E-state index contributed by atoms with van der Waals surface area (Å²) in [6, 6.07) is 8.10. The van der Waals surface area contributed by atoms with Gasteiger partial charge in [0.05, 0.1) is 0 Å². The number of benzene rings is 2. The minimum absolute atomic E-state index is 0.213. The van der Waals surface area contributed by atoms with Crippen LogP contribution in [-0.4, -0.2) is 5.78 Å². The van der Waals surface area contributed by atoms with Crippen LogP contribution in [0.15, 0.2) is 36.4 Å². The summed E-state index contributed by atoms with van der Waals surface area (Å²) in [6.45, 7) is 1.37. The molecule has 0 amide bonds. The van der Waals surface area contributed by atoms with E-state index in [0.717, 1.165) is 12.1 Å². The zero-order valence-corrected chi connectivity index (χ0v) is 10.2. The van der Waals surface area contributed by atoms with Crippen LogP contribution < -0.4 is 11.1 Å². The average Bonchev–Trinajstić information content (AvgIpc) is 2.35. The van der Waals surface area contributed by atoms with Gasteiger partial charge in [-0.1, -0.05) is 6.07 Å². The lowest BCUT2D eigenvalue weighted by molar-refractivity contribution is 0.101. The average molecular weight is 262 g/mol. The predicted molar refractivity (Wildman–Crippen MR) is 70.5 cm³/mol. The third-order valence-electron chi connectivity index (χ3n) is 2.66. The van der Waals surface area contributed by atoms with E-state index in [0.29, 0.717) is 16.9 Å². The molecule has 0 aromatic heterocycles. The molecule has 3 N–H and O–H groups in total. The van der Waals surface area contributed by atoms with Crippen LogP contribution in [0.2, 0.25) is 0 Å². The number of rotatable bonds is 3. The van der Waals surface area contributed by atoms with Crippen molar-refractivity contribution in [3.63, 3.8) is 0 Å². The summed E-state index contributed by atoms with van der Waals surface area (Å²) in [5, 5.41) is 2.61. The van der Waals surface area contributed by atoms with Gasteiger partial charge < -0.3 is 11.1 Å². The fraction of sp³-hybridized carbons (Fsp3) is 0.0714. The number of nitrogens with one attached hydrogen (secondary N) is 1. The number of nitrogens with two attached hydrogens (primary N) is 1. The molecular weight excluding hydrogens is 250 g/mol. The molecule has 0 bridgehead atoms. The summed E-state index contributed by atoms with van der Waals surface area (Å²) in [4.78, 5) is 11.3. The van der Waals surface area contributed by atoms with Crippen LogP contribution >= 0.6 is 0 Å². The van der Waals surface area contributed by atoms with Crippen LogP contribution in [-0.2, 0) is 0 Å². The van der Waals surface area contributed by atoms with E-state index in [1.807, 2.05) is 0 Å². The summed E-state index contributed by atoms with van der Waals surface area (Å²) in [5.74, 6) is -1.63. The molecule has 0 heterocycles. The van der Waals surface area contributed by atoms with Gasteiger partial charge in [-0.2, -0.15) is 0 Å². The first kappa shape index (κ1) is 13.0. The van der Waals surface area contributed by atoms with Crippen molar-refractivity contribution >= 4 is 22.8 Å². The molecule has 0 fully saturated rings. The van der Waals surface area contributed by atoms with Crippen molar-refractivity contribution in [1.29, 1.82) is 0 Å². The van der Waals surface area contributed by atoms with Gasteiger partial charge in [-0.15, -0.1) is 0 Å².